The number of nitrogens with zero attached hydrogens (tertiary/aromatic N) is 2. The minimum atomic E-state index is -0.572. The molecule has 7 heteroatoms. The number of nitrogens with two attached hydrogens (primary N) is 1. The van der Waals surface area contributed by atoms with Gasteiger partial charge >= 0.3 is 5.69 Å². The van der Waals surface area contributed by atoms with Gasteiger partial charge in [0.1, 0.15) is 5.82 Å². The van der Waals surface area contributed by atoms with E-state index in [4.69, 9.17) is 5.73 Å². The van der Waals surface area contributed by atoms with E-state index in [2.05, 4.69) is 4.98 Å². The average Bonchev–Trinajstić information content (AvgIpc) is 3.11. The SMILES string of the molecule is CCCCN(C(=O)C1CCCC1)c1c(N)n(CCCC)c(=O)[nH]c1=O. The average molecular weight is 350 g/mol. The highest BCUT2D eigenvalue weighted by molar-refractivity contribution is 5.97. The summed E-state index contributed by atoms with van der Waals surface area (Å²) in [6.07, 6.45) is 7.17. The predicted octanol–water partition coefficient (Wildman–Crippen LogP) is 2.24. The molecule has 0 radical (unpaired) electrons. The second-order valence-electron chi connectivity index (χ2n) is 6.82. The van der Waals surface area contributed by atoms with E-state index < -0.39 is 11.2 Å². The summed E-state index contributed by atoms with van der Waals surface area (Å²) in [5.74, 6) is 0.0140. The maximum atomic E-state index is 13.0. The molecular weight excluding hydrogens is 320 g/mol. The Morgan fingerprint density at radius 3 is 2.44 bits per heavy atom. The number of amides is 1. The molecule has 0 spiro atoms. The molecule has 1 fully saturated rings. The summed E-state index contributed by atoms with van der Waals surface area (Å²) in [4.78, 5) is 41.4. The number of carbonyl (C=O) groups excluding carboxylic acids is 1. The van der Waals surface area contributed by atoms with Crippen LogP contribution >= 0.6 is 0 Å². The van der Waals surface area contributed by atoms with Crippen molar-refractivity contribution < 1.29 is 4.79 Å². The lowest BCUT2D eigenvalue weighted by Crippen LogP contribution is -2.43. The molecule has 7 nitrogen and oxygen atoms in total. The maximum Gasteiger partial charge on any atom is 0.330 e. The predicted molar refractivity (Wildman–Crippen MR) is 99.9 cm³/mol. The minimum Gasteiger partial charge on any atom is -0.383 e. The van der Waals surface area contributed by atoms with Crippen molar-refractivity contribution in [2.24, 2.45) is 5.92 Å². The van der Waals surface area contributed by atoms with E-state index in [-0.39, 0.29) is 23.3 Å². The van der Waals surface area contributed by atoms with Gasteiger partial charge in [-0.2, -0.15) is 0 Å². The van der Waals surface area contributed by atoms with Crippen LogP contribution in [0, 0.1) is 5.92 Å². The Bertz CT molecular complexity index is 701. The number of H-pyrrole nitrogens is 1. The molecule has 1 aliphatic carbocycles. The van der Waals surface area contributed by atoms with Crippen LogP contribution in [0.4, 0.5) is 11.5 Å². The number of nitrogen functional groups attached to an aromatic ring is 1. The topological polar surface area (TPSA) is 101 Å². The lowest BCUT2D eigenvalue weighted by atomic mass is 10.1. The van der Waals surface area contributed by atoms with Gasteiger partial charge in [0.05, 0.1) is 0 Å². The molecule has 3 N–H and O–H groups in total. The standard InChI is InChI=1S/C18H30N4O3/c1-3-5-11-21(17(24)13-9-7-8-10-13)14-15(19)22(12-6-4-2)18(25)20-16(14)23/h13H,3-12,19H2,1-2H3,(H,20,23,25). The van der Waals surface area contributed by atoms with Crippen molar-refractivity contribution in [2.75, 3.05) is 17.2 Å². The first-order valence-electron chi connectivity index (χ1n) is 9.45. The Hall–Kier alpha value is -2.05. The highest BCUT2D eigenvalue weighted by atomic mass is 16.2. The lowest BCUT2D eigenvalue weighted by molar-refractivity contribution is -0.122. The van der Waals surface area contributed by atoms with Gasteiger partial charge in [0.2, 0.25) is 5.91 Å². The van der Waals surface area contributed by atoms with Gasteiger partial charge in [0.15, 0.2) is 5.69 Å². The third-order valence-corrected chi connectivity index (χ3v) is 4.93. The van der Waals surface area contributed by atoms with E-state index in [0.29, 0.717) is 13.1 Å². The van der Waals surface area contributed by atoms with Crippen LogP contribution in [0.25, 0.3) is 0 Å². The molecule has 0 aliphatic heterocycles. The third kappa shape index (κ3) is 4.32. The number of hydrogen-bond donors (Lipinski definition) is 2. The summed E-state index contributed by atoms with van der Waals surface area (Å²) in [5, 5.41) is 0. The molecule has 1 aromatic heterocycles. The second kappa shape index (κ2) is 8.87. The zero-order chi connectivity index (χ0) is 18.4. The fourth-order valence-corrected chi connectivity index (χ4v) is 3.42. The van der Waals surface area contributed by atoms with Crippen molar-refractivity contribution in [2.45, 2.75) is 71.8 Å². The Labute approximate surface area is 148 Å². The van der Waals surface area contributed by atoms with Crippen LogP contribution in [0.1, 0.15) is 65.2 Å². The molecule has 1 aromatic rings. The smallest absolute Gasteiger partial charge is 0.330 e. The van der Waals surface area contributed by atoms with Gasteiger partial charge in [0, 0.05) is 19.0 Å². The molecule has 1 saturated carbocycles. The normalized spacial score (nSPS) is 14.8. The monoisotopic (exact) mass is 350 g/mol. The molecule has 0 aromatic carbocycles. The molecular formula is C18H30N4O3. The molecule has 0 atom stereocenters. The van der Waals surface area contributed by atoms with Crippen LogP contribution in [-0.4, -0.2) is 22.0 Å². The van der Waals surface area contributed by atoms with Crippen LogP contribution < -0.4 is 21.9 Å². The van der Waals surface area contributed by atoms with E-state index >= 15 is 0 Å². The molecule has 2 rings (SSSR count). The van der Waals surface area contributed by atoms with Gasteiger partial charge in [-0.3, -0.25) is 19.1 Å². The van der Waals surface area contributed by atoms with E-state index in [1.54, 1.807) is 0 Å². The minimum absolute atomic E-state index is 0.0381. The zero-order valence-electron chi connectivity index (χ0n) is 15.3. The van der Waals surface area contributed by atoms with Crippen LogP contribution in [0.5, 0.6) is 0 Å². The van der Waals surface area contributed by atoms with Gasteiger partial charge in [-0.05, 0) is 25.7 Å². The van der Waals surface area contributed by atoms with Gasteiger partial charge in [-0.15, -0.1) is 0 Å². The molecule has 0 unspecified atom stereocenters. The van der Waals surface area contributed by atoms with Crippen molar-refractivity contribution in [1.82, 2.24) is 9.55 Å². The van der Waals surface area contributed by atoms with E-state index in [9.17, 15) is 14.4 Å². The molecule has 0 bridgehead atoms. The molecule has 1 amide bonds. The number of carbonyl (C=O) groups is 1. The third-order valence-electron chi connectivity index (χ3n) is 4.93. The Morgan fingerprint density at radius 2 is 1.84 bits per heavy atom. The quantitative estimate of drug-likeness (QED) is 0.750. The fraction of sp³-hybridized carbons (Fsp3) is 0.722. The summed E-state index contributed by atoms with van der Waals surface area (Å²) in [7, 11) is 0. The number of nitrogens with one attached hydrogen (secondary N) is 1. The number of anilines is 2. The molecule has 0 saturated heterocycles. The van der Waals surface area contributed by atoms with Crippen molar-refractivity contribution in [3.8, 4) is 0 Å². The summed E-state index contributed by atoms with van der Waals surface area (Å²) in [6, 6.07) is 0. The van der Waals surface area contributed by atoms with E-state index in [0.717, 1.165) is 51.4 Å². The summed E-state index contributed by atoms with van der Waals surface area (Å²) >= 11 is 0. The molecule has 25 heavy (non-hydrogen) atoms. The lowest BCUT2D eigenvalue weighted by Gasteiger charge is -2.27. The van der Waals surface area contributed by atoms with Gasteiger partial charge in [0.25, 0.3) is 5.56 Å². The van der Waals surface area contributed by atoms with Crippen molar-refractivity contribution >= 4 is 17.4 Å². The summed E-state index contributed by atoms with van der Waals surface area (Å²) in [6.45, 7) is 4.94. The van der Waals surface area contributed by atoms with E-state index in [1.165, 1.54) is 9.47 Å². The maximum absolute atomic E-state index is 13.0. The van der Waals surface area contributed by atoms with Crippen molar-refractivity contribution in [3.63, 3.8) is 0 Å². The first kappa shape index (κ1) is 19.3. The highest BCUT2D eigenvalue weighted by Crippen LogP contribution is 2.29. The summed E-state index contributed by atoms with van der Waals surface area (Å²) in [5.41, 5.74) is 5.24. The van der Waals surface area contributed by atoms with Crippen LogP contribution in [0.15, 0.2) is 9.59 Å². The highest BCUT2D eigenvalue weighted by Gasteiger charge is 2.31. The Balaban J connectivity index is 2.46. The Kier molecular flexibility index (Phi) is 6.84. The van der Waals surface area contributed by atoms with Gasteiger partial charge in [-0.25, -0.2) is 4.79 Å². The van der Waals surface area contributed by atoms with Crippen LogP contribution in [-0.2, 0) is 11.3 Å². The zero-order valence-corrected chi connectivity index (χ0v) is 15.3. The van der Waals surface area contributed by atoms with Crippen LogP contribution in [0.3, 0.4) is 0 Å². The van der Waals surface area contributed by atoms with Gasteiger partial charge in [-0.1, -0.05) is 39.5 Å². The van der Waals surface area contributed by atoms with E-state index in [1.807, 2.05) is 13.8 Å². The van der Waals surface area contributed by atoms with Crippen molar-refractivity contribution in [3.05, 3.63) is 20.8 Å². The molecule has 140 valence electrons. The van der Waals surface area contributed by atoms with Crippen molar-refractivity contribution in [1.29, 1.82) is 0 Å². The number of unbranched alkanes of at least 4 members (excludes halogenated alkanes) is 2. The number of aromatic amines is 1. The molecule has 1 aliphatic rings. The number of hydrogen-bond acceptors (Lipinski definition) is 4. The number of rotatable bonds is 8. The first-order valence-corrected chi connectivity index (χ1v) is 9.45. The fourth-order valence-electron chi connectivity index (χ4n) is 3.42. The largest absolute Gasteiger partial charge is 0.383 e. The number of aromatic nitrogens is 2. The Morgan fingerprint density at radius 1 is 1.20 bits per heavy atom. The first-order chi connectivity index (χ1) is 12.0. The summed E-state index contributed by atoms with van der Waals surface area (Å²) < 4.78 is 1.38. The second-order valence-corrected chi connectivity index (χ2v) is 6.82. The molecule has 1 heterocycles. The van der Waals surface area contributed by atoms with Gasteiger partial charge < -0.3 is 10.6 Å². The van der Waals surface area contributed by atoms with Crippen LogP contribution in [0.2, 0.25) is 0 Å².